The van der Waals surface area contributed by atoms with Crippen molar-refractivity contribution in [2.75, 3.05) is 7.11 Å². The van der Waals surface area contributed by atoms with E-state index in [0.29, 0.717) is 23.7 Å². The van der Waals surface area contributed by atoms with E-state index < -0.39 is 0 Å². The average Bonchev–Trinajstić information content (AvgIpc) is 2.72. The molecule has 0 amide bonds. The Hall–Kier alpha value is -3.33. The van der Waals surface area contributed by atoms with Crippen molar-refractivity contribution >= 4 is 11.9 Å². The molecule has 0 N–H and O–H groups in total. The van der Waals surface area contributed by atoms with Crippen LogP contribution in [0.25, 0.3) is 6.08 Å². The first-order valence-corrected chi connectivity index (χ1v) is 8.38. The molecule has 0 atom stereocenters. The SMILES string of the molecule is COc1cc(C=CC(=O)c2ccccc2)ccc1OCc1ccccc1. The van der Waals surface area contributed by atoms with E-state index in [1.165, 1.54) is 0 Å². The standard InChI is InChI=1S/C23H20O3/c1-25-23-16-18(12-14-21(24)20-10-6-3-7-11-20)13-15-22(23)26-17-19-8-4-2-5-9-19/h2-16H,17H2,1H3. The van der Waals surface area contributed by atoms with Crippen LogP contribution in [0.15, 0.2) is 84.9 Å². The van der Waals surface area contributed by atoms with Crippen LogP contribution in [0.1, 0.15) is 21.5 Å². The van der Waals surface area contributed by atoms with Gasteiger partial charge < -0.3 is 9.47 Å². The first kappa shape index (κ1) is 17.5. The lowest BCUT2D eigenvalue weighted by atomic mass is 10.1. The lowest BCUT2D eigenvalue weighted by molar-refractivity contribution is 0.104. The van der Waals surface area contributed by atoms with Gasteiger partial charge in [0.2, 0.25) is 0 Å². The lowest BCUT2D eigenvalue weighted by Gasteiger charge is -2.11. The van der Waals surface area contributed by atoms with Gasteiger partial charge in [0.15, 0.2) is 17.3 Å². The molecular weight excluding hydrogens is 324 g/mol. The number of rotatable bonds is 7. The molecule has 3 rings (SSSR count). The van der Waals surface area contributed by atoms with Crippen LogP contribution in [-0.2, 0) is 6.61 Å². The summed E-state index contributed by atoms with van der Waals surface area (Å²) in [5, 5.41) is 0. The molecule has 0 saturated carbocycles. The highest BCUT2D eigenvalue weighted by Crippen LogP contribution is 2.29. The summed E-state index contributed by atoms with van der Waals surface area (Å²) >= 11 is 0. The van der Waals surface area contributed by atoms with Crippen molar-refractivity contribution in [2.45, 2.75) is 6.61 Å². The summed E-state index contributed by atoms with van der Waals surface area (Å²) in [5.74, 6) is 1.27. The third-order valence-electron chi connectivity index (χ3n) is 3.91. The molecule has 0 spiro atoms. The van der Waals surface area contributed by atoms with Gasteiger partial charge in [-0.2, -0.15) is 0 Å². The van der Waals surface area contributed by atoms with E-state index >= 15 is 0 Å². The van der Waals surface area contributed by atoms with Crippen molar-refractivity contribution in [2.24, 2.45) is 0 Å². The molecule has 3 aromatic carbocycles. The number of allylic oxidation sites excluding steroid dienone is 1. The highest BCUT2D eigenvalue weighted by Gasteiger charge is 2.06. The van der Waals surface area contributed by atoms with Gasteiger partial charge in [0.05, 0.1) is 7.11 Å². The molecule has 3 heteroatoms. The quantitative estimate of drug-likeness (QED) is 0.438. The fraction of sp³-hybridized carbons (Fsp3) is 0.0870. The fourth-order valence-corrected chi connectivity index (χ4v) is 2.51. The summed E-state index contributed by atoms with van der Waals surface area (Å²) in [4.78, 5) is 12.2. The Balaban J connectivity index is 1.70. The van der Waals surface area contributed by atoms with Crippen LogP contribution in [0.4, 0.5) is 0 Å². The zero-order valence-corrected chi connectivity index (χ0v) is 14.6. The van der Waals surface area contributed by atoms with E-state index in [0.717, 1.165) is 11.1 Å². The molecule has 0 aromatic heterocycles. The third-order valence-corrected chi connectivity index (χ3v) is 3.91. The van der Waals surface area contributed by atoms with Crippen molar-refractivity contribution in [1.29, 1.82) is 0 Å². The van der Waals surface area contributed by atoms with Gasteiger partial charge >= 0.3 is 0 Å². The van der Waals surface area contributed by atoms with Crippen molar-refractivity contribution in [3.05, 3.63) is 102 Å². The molecule has 3 aromatic rings. The fourth-order valence-electron chi connectivity index (χ4n) is 2.51. The van der Waals surface area contributed by atoms with Crippen molar-refractivity contribution in [3.63, 3.8) is 0 Å². The Kier molecular flexibility index (Phi) is 5.84. The number of methoxy groups -OCH3 is 1. The molecule has 0 saturated heterocycles. The van der Waals surface area contributed by atoms with E-state index in [4.69, 9.17) is 9.47 Å². The Bertz CT molecular complexity index is 884. The summed E-state index contributed by atoms with van der Waals surface area (Å²) in [7, 11) is 1.60. The molecule has 0 heterocycles. The average molecular weight is 344 g/mol. The van der Waals surface area contributed by atoms with Crippen molar-refractivity contribution in [3.8, 4) is 11.5 Å². The second-order valence-corrected chi connectivity index (χ2v) is 5.75. The number of hydrogen-bond acceptors (Lipinski definition) is 3. The molecule has 0 fully saturated rings. The van der Waals surface area contributed by atoms with Gasteiger partial charge in [0.1, 0.15) is 6.61 Å². The number of ether oxygens (including phenoxy) is 2. The van der Waals surface area contributed by atoms with Crippen molar-refractivity contribution < 1.29 is 14.3 Å². The maximum atomic E-state index is 12.2. The molecule has 0 unspecified atom stereocenters. The van der Waals surface area contributed by atoms with Gasteiger partial charge in [-0.3, -0.25) is 4.79 Å². The number of carbonyl (C=O) groups is 1. The van der Waals surface area contributed by atoms with Gasteiger partial charge in [-0.1, -0.05) is 72.8 Å². The number of carbonyl (C=O) groups excluding carboxylic acids is 1. The molecule has 0 bridgehead atoms. The highest BCUT2D eigenvalue weighted by molar-refractivity contribution is 6.06. The molecule has 130 valence electrons. The van der Waals surface area contributed by atoms with Crippen LogP contribution < -0.4 is 9.47 Å². The minimum absolute atomic E-state index is 0.0334. The minimum atomic E-state index is -0.0334. The topological polar surface area (TPSA) is 35.5 Å². The van der Waals surface area contributed by atoms with Gasteiger partial charge in [-0.05, 0) is 29.3 Å². The maximum Gasteiger partial charge on any atom is 0.185 e. The maximum absolute atomic E-state index is 12.2. The van der Waals surface area contributed by atoms with Gasteiger partial charge in [-0.15, -0.1) is 0 Å². The van der Waals surface area contributed by atoms with Crippen molar-refractivity contribution in [1.82, 2.24) is 0 Å². The molecule has 3 nitrogen and oxygen atoms in total. The minimum Gasteiger partial charge on any atom is -0.493 e. The van der Waals surface area contributed by atoms with E-state index in [2.05, 4.69) is 0 Å². The van der Waals surface area contributed by atoms with Crippen LogP contribution in [0.5, 0.6) is 11.5 Å². The number of ketones is 1. The zero-order valence-electron chi connectivity index (χ0n) is 14.6. The van der Waals surface area contributed by atoms with Crippen LogP contribution in [0.2, 0.25) is 0 Å². The highest BCUT2D eigenvalue weighted by atomic mass is 16.5. The predicted octanol–water partition coefficient (Wildman–Crippen LogP) is 5.17. The first-order chi connectivity index (χ1) is 12.8. The summed E-state index contributed by atoms with van der Waals surface area (Å²) < 4.78 is 11.3. The zero-order chi connectivity index (χ0) is 18.2. The summed E-state index contributed by atoms with van der Waals surface area (Å²) in [6, 6.07) is 24.8. The van der Waals surface area contributed by atoms with Crippen LogP contribution in [0.3, 0.4) is 0 Å². The summed E-state index contributed by atoms with van der Waals surface area (Å²) in [6.07, 6.45) is 3.34. The molecular formula is C23H20O3. The van der Waals surface area contributed by atoms with Gasteiger partial charge in [-0.25, -0.2) is 0 Å². The third kappa shape index (κ3) is 4.61. The first-order valence-electron chi connectivity index (χ1n) is 8.38. The normalized spacial score (nSPS) is 10.7. The molecule has 0 aliphatic carbocycles. The Morgan fingerprint density at radius 1 is 0.885 bits per heavy atom. The lowest BCUT2D eigenvalue weighted by Crippen LogP contribution is -1.98. The molecule has 0 aliphatic heterocycles. The largest absolute Gasteiger partial charge is 0.493 e. The van der Waals surface area contributed by atoms with E-state index in [1.807, 2.05) is 66.7 Å². The van der Waals surface area contributed by atoms with Gasteiger partial charge in [0.25, 0.3) is 0 Å². The van der Waals surface area contributed by atoms with Crippen LogP contribution >= 0.6 is 0 Å². The second-order valence-electron chi connectivity index (χ2n) is 5.75. The molecule has 0 radical (unpaired) electrons. The van der Waals surface area contributed by atoms with Gasteiger partial charge in [0, 0.05) is 5.56 Å². The Labute approximate surface area is 153 Å². The summed E-state index contributed by atoms with van der Waals surface area (Å²) in [5.41, 5.74) is 2.63. The molecule has 0 aliphatic rings. The second kappa shape index (κ2) is 8.67. The van der Waals surface area contributed by atoms with Crippen LogP contribution in [-0.4, -0.2) is 12.9 Å². The van der Waals surface area contributed by atoms with E-state index in [9.17, 15) is 4.79 Å². The Morgan fingerprint density at radius 3 is 2.27 bits per heavy atom. The number of hydrogen-bond donors (Lipinski definition) is 0. The van der Waals surface area contributed by atoms with E-state index in [1.54, 1.807) is 31.4 Å². The molecule has 26 heavy (non-hydrogen) atoms. The monoisotopic (exact) mass is 344 g/mol. The van der Waals surface area contributed by atoms with Crippen LogP contribution in [0, 0.1) is 0 Å². The smallest absolute Gasteiger partial charge is 0.185 e. The number of benzene rings is 3. The predicted molar refractivity (Wildman–Crippen MR) is 104 cm³/mol. The Morgan fingerprint density at radius 2 is 1.58 bits per heavy atom. The van der Waals surface area contributed by atoms with E-state index in [-0.39, 0.29) is 5.78 Å². The summed E-state index contributed by atoms with van der Waals surface area (Å²) in [6.45, 7) is 0.471.